The van der Waals surface area contributed by atoms with Crippen molar-refractivity contribution in [3.63, 3.8) is 0 Å². The minimum Gasteiger partial charge on any atom is -0.368 e. The van der Waals surface area contributed by atoms with Gasteiger partial charge in [-0.15, -0.1) is 0 Å². The second-order valence-electron chi connectivity index (χ2n) is 6.06. The van der Waals surface area contributed by atoms with E-state index in [2.05, 4.69) is 23.2 Å². The highest BCUT2D eigenvalue weighted by molar-refractivity contribution is 7.80. The van der Waals surface area contributed by atoms with E-state index < -0.39 is 0 Å². The van der Waals surface area contributed by atoms with E-state index in [1.807, 2.05) is 23.1 Å². The summed E-state index contributed by atoms with van der Waals surface area (Å²) in [6, 6.07) is 8.09. The summed E-state index contributed by atoms with van der Waals surface area (Å²) in [6.45, 7) is 5.69. The Hall–Kier alpha value is -1.66. The molecule has 2 aliphatic rings. The summed E-state index contributed by atoms with van der Waals surface area (Å²) >= 11 is 5.51. The lowest BCUT2D eigenvalue weighted by Crippen LogP contribution is -2.53. The van der Waals surface area contributed by atoms with Crippen molar-refractivity contribution in [2.75, 3.05) is 38.1 Å². The number of carbonyl (C=O) groups excluding carboxylic acids is 1. The molecule has 23 heavy (non-hydrogen) atoms. The van der Waals surface area contributed by atoms with Gasteiger partial charge in [0.1, 0.15) is 6.10 Å². The number of hydrogen-bond donors (Lipinski definition) is 1. The molecule has 1 atom stereocenters. The molecule has 1 aromatic rings. The zero-order chi connectivity index (χ0) is 16.2. The second kappa shape index (κ2) is 7.27. The molecule has 6 heteroatoms. The molecule has 2 aliphatic heterocycles. The molecule has 1 aromatic carbocycles. The molecular weight excluding hydrogens is 310 g/mol. The highest BCUT2D eigenvalue weighted by atomic mass is 32.1. The van der Waals surface area contributed by atoms with E-state index in [0.29, 0.717) is 19.7 Å². The molecule has 2 saturated heterocycles. The minimum absolute atomic E-state index is 0.139. The predicted octanol–water partition coefficient (Wildman–Crippen LogP) is 2.02. The summed E-state index contributed by atoms with van der Waals surface area (Å²) in [6.07, 6.45) is 1.62. The fraction of sp³-hybridized carbons (Fsp3) is 0.529. The lowest BCUT2D eigenvalue weighted by molar-refractivity contribution is -0.142. The van der Waals surface area contributed by atoms with Gasteiger partial charge < -0.3 is 19.9 Å². The third kappa shape index (κ3) is 3.82. The van der Waals surface area contributed by atoms with Crippen molar-refractivity contribution in [2.45, 2.75) is 25.9 Å². The van der Waals surface area contributed by atoms with Crippen molar-refractivity contribution in [3.05, 3.63) is 29.8 Å². The van der Waals surface area contributed by atoms with Crippen LogP contribution in [0.4, 0.5) is 5.69 Å². The Bertz CT molecular complexity index is 579. The maximum Gasteiger partial charge on any atom is 0.251 e. The van der Waals surface area contributed by atoms with E-state index in [4.69, 9.17) is 17.0 Å². The normalized spacial score (nSPS) is 21.3. The molecule has 1 amide bonds. The molecule has 0 unspecified atom stereocenters. The van der Waals surface area contributed by atoms with Crippen LogP contribution in [0.15, 0.2) is 24.3 Å². The first-order valence-corrected chi connectivity index (χ1v) is 8.58. The molecule has 0 aliphatic carbocycles. The Kier molecular flexibility index (Phi) is 5.13. The van der Waals surface area contributed by atoms with Gasteiger partial charge in [0.25, 0.3) is 5.91 Å². The SMILES string of the molecule is Cc1ccccc1NC(=S)N1CCN(C(=O)[C@H]2CCCO2)CC1. The molecule has 5 nitrogen and oxygen atoms in total. The number of thiocarbonyl (C=S) groups is 1. The summed E-state index contributed by atoms with van der Waals surface area (Å²) < 4.78 is 5.49. The molecule has 0 aromatic heterocycles. The van der Waals surface area contributed by atoms with Gasteiger partial charge >= 0.3 is 0 Å². The van der Waals surface area contributed by atoms with Crippen LogP contribution in [-0.2, 0) is 9.53 Å². The molecule has 0 radical (unpaired) electrons. The molecule has 124 valence electrons. The van der Waals surface area contributed by atoms with E-state index in [1.54, 1.807) is 0 Å². The molecule has 3 rings (SSSR count). The largest absolute Gasteiger partial charge is 0.368 e. The van der Waals surface area contributed by atoms with Gasteiger partial charge in [0, 0.05) is 38.5 Å². The van der Waals surface area contributed by atoms with Crippen LogP contribution >= 0.6 is 12.2 Å². The predicted molar refractivity (Wildman–Crippen MR) is 94.5 cm³/mol. The van der Waals surface area contributed by atoms with Crippen LogP contribution in [-0.4, -0.2) is 59.7 Å². The Balaban J connectivity index is 1.51. The quantitative estimate of drug-likeness (QED) is 0.839. The lowest BCUT2D eigenvalue weighted by atomic mass is 10.2. The van der Waals surface area contributed by atoms with Gasteiger partial charge in [-0.3, -0.25) is 4.79 Å². The average molecular weight is 333 g/mol. The van der Waals surface area contributed by atoms with Crippen molar-refractivity contribution >= 4 is 28.9 Å². The summed E-state index contributed by atoms with van der Waals surface area (Å²) in [4.78, 5) is 16.4. The fourth-order valence-electron chi connectivity index (χ4n) is 3.01. The summed E-state index contributed by atoms with van der Waals surface area (Å²) in [5.74, 6) is 0.139. The van der Waals surface area contributed by atoms with Crippen molar-refractivity contribution in [2.24, 2.45) is 0 Å². The Morgan fingerprint density at radius 1 is 1.22 bits per heavy atom. The van der Waals surface area contributed by atoms with E-state index in [-0.39, 0.29) is 12.0 Å². The molecule has 0 spiro atoms. The first-order valence-electron chi connectivity index (χ1n) is 8.17. The monoisotopic (exact) mass is 333 g/mol. The Morgan fingerprint density at radius 3 is 2.57 bits per heavy atom. The molecule has 0 bridgehead atoms. The number of rotatable bonds is 2. The maximum atomic E-state index is 12.3. The highest BCUT2D eigenvalue weighted by Gasteiger charge is 2.30. The zero-order valence-electron chi connectivity index (χ0n) is 13.5. The van der Waals surface area contributed by atoms with Crippen LogP contribution in [0.25, 0.3) is 0 Å². The van der Waals surface area contributed by atoms with Crippen LogP contribution in [0, 0.1) is 6.92 Å². The first-order chi connectivity index (χ1) is 11.1. The molecule has 1 N–H and O–H groups in total. The fourth-order valence-corrected chi connectivity index (χ4v) is 3.31. The lowest BCUT2D eigenvalue weighted by Gasteiger charge is -2.37. The third-order valence-corrected chi connectivity index (χ3v) is 4.83. The van der Waals surface area contributed by atoms with Crippen LogP contribution in [0.3, 0.4) is 0 Å². The number of carbonyl (C=O) groups is 1. The van der Waals surface area contributed by atoms with Gasteiger partial charge in [0.15, 0.2) is 5.11 Å². The highest BCUT2D eigenvalue weighted by Crippen LogP contribution is 2.17. The zero-order valence-corrected chi connectivity index (χ0v) is 14.3. The summed E-state index contributed by atoms with van der Waals surface area (Å²) in [5.41, 5.74) is 2.21. The van der Waals surface area contributed by atoms with Crippen LogP contribution in [0.1, 0.15) is 18.4 Å². The first kappa shape index (κ1) is 16.2. The van der Waals surface area contributed by atoms with Crippen molar-refractivity contribution in [1.82, 2.24) is 9.80 Å². The number of amides is 1. The molecule has 2 heterocycles. The van der Waals surface area contributed by atoms with Gasteiger partial charge in [-0.25, -0.2) is 0 Å². The topological polar surface area (TPSA) is 44.8 Å². The van der Waals surface area contributed by atoms with E-state index in [0.717, 1.165) is 36.7 Å². The van der Waals surface area contributed by atoms with Gasteiger partial charge in [0.2, 0.25) is 0 Å². The average Bonchev–Trinajstić information content (AvgIpc) is 3.11. The van der Waals surface area contributed by atoms with Crippen LogP contribution in [0.5, 0.6) is 0 Å². The molecular formula is C17H23N3O2S. The standard InChI is InChI=1S/C17H23N3O2S/c1-13-5-2-3-6-14(13)18-17(23)20-10-8-19(9-11-20)16(21)15-7-4-12-22-15/h2-3,5-6,15H,4,7-12H2,1H3,(H,18,23)/t15-/m1/s1. The van der Waals surface area contributed by atoms with Crippen molar-refractivity contribution in [1.29, 1.82) is 0 Å². The molecule has 2 fully saturated rings. The van der Waals surface area contributed by atoms with Crippen molar-refractivity contribution < 1.29 is 9.53 Å². The van der Waals surface area contributed by atoms with E-state index in [9.17, 15) is 4.79 Å². The van der Waals surface area contributed by atoms with Crippen LogP contribution in [0.2, 0.25) is 0 Å². The van der Waals surface area contributed by atoms with Gasteiger partial charge in [-0.05, 0) is 43.6 Å². The van der Waals surface area contributed by atoms with E-state index in [1.165, 1.54) is 5.56 Å². The maximum absolute atomic E-state index is 12.3. The van der Waals surface area contributed by atoms with Gasteiger partial charge in [0.05, 0.1) is 0 Å². The third-order valence-electron chi connectivity index (χ3n) is 4.47. The number of nitrogens with one attached hydrogen (secondary N) is 1. The Morgan fingerprint density at radius 2 is 1.91 bits per heavy atom. The number of aryl methyl sites for hydroxylation is 1. The van der Waals surface area contributed by atoms with Gasteiger partial charge in [-0.1, -0.05) is 18.2 Å². The van der Waals surface area contributed by atoms with Crippen molar-refractivity contribution in [3.8, 4) is 0 Å². The Labute approximate surface area is 142 Å². The number of nitrogens with zero attached hydrogens (tertiary/aromatic N) is 2. The minimum atomic E-state index is -0.224. The number of anilines is 1. The summed E-state index contributed by atoms with van der Waals surface area (Å²) in [7, 11) is 0. The second-order valence-corrected chi connectivity index (χ2v) is 6.45. The number of piperazine rings is 1. The van der Waals surface area contributed by atoms with E-state index >= 15 is 0 Å². The smallest absolute Gasteiger partial charge is 0.251 e. The number of ether oxygens (including phenoxy) is 1. The van der Waals surface area contributed by atoms with Gasteiger partial charge in [-0.2, -0.15) is 0 Å². The molecule has 0 saturated carbocycles. The van der Waals surface area contributed by atoms with Crippen LogP contribution < -0.4 is 5.32 Å². The number of para-hydroxylation sites is 1. The number of hydrogen-bond acceptors (Lipinski definition) is 3. The number of benzene rings is 1. The summed E-state index contributed by atoms with van der Waals surface area (Å²) in [5, 5.41) is 4.03.